The summed E-state index contributed by atoms with van der Waals surface area (Å²) >= 11 is 0. The van der Waals surface area contributed by atoms with Gasteiger partial charge in [-0.25, -0.2) is 9.18 Å². The van der Waals surface area contributed by atoms with Gasteiger partial charge >= 0.3 is 6.03 Å². The van der Waals surface area contributed by atoms with Gasteiger partial charge in [-0.1, -0.05) is 32.4 Å². The van der Waals surface area contributed by atoms with E-state index in [1.165, 1.54) is 5.57 Å². The van der Waals surface area contributed by atoms with Gasteiger partial charge in [0.05, 0.1) is 5.60 Å². The highest BCUT2D eigenvalue weighted by Gasteiger charge is 2.40. The van der Waals surface area contributed by atoms with Gasteiger partial charge in [0.15, 0.2) is 0 Å². The molecule has 1 rings (SSSR count). The predicted octanol–water partition coefficient (Wildman–Crippen LogP) is 2.47. The molecule has 0 saturated heterocycles. The van der Waals surface area contributed by atoms with Gasteiger partial charge in [-0.3, -0.25) is 0 Å². The first kappa shape index (κ1) is 20.2. The number of amides is 2. The number of hydrogen-bond acceptors (Lipinski definition) is 2. The second-order valence-electron chi connectivity index (χ2n) is 7.94. The third-order valence-corrected chi connectivity index (χ3v) is 5.60. The highest BCUT2D eigenvalue weighted by molar-refractivity contribution is 5.98. The lowest BCUT2D eigenvalue weighted by molar-refractivity contribution is 0.0133. The Kier molecular flexibility index (Phi) is 7.26. The molecule has 0 aromatic heterocycles. The molecular weight excluding hydrogens is 311 g/mol. The van der Waals surface area contributed by atoms with Crippen molar-refractivity contribution in [1.82, 2.24) is 10.6 Å². The van der Waals surface area contributed by atoms with E-state index in [0.717, 1.165) is 19.3 Å². The Morgan fingerprint density at radius 1 is 1.43 bits per heavy atom. The van der Waals surface area contributed by atoms with E-state index < -0.39 is 6.67 Å². The van der Waals surface area contributed by atoms with Crippen LogP contribution in [-0.4, -0.2) is 41.4 Å². The van der Waals surface area contributed by atoms with E-state index in [1.54, 1.807) is 0 Å². The minimum atomic E-state index is -0.544. The van der Waals surface area contributed by atoms with Crippen molar-refractivity contribution < 1.29 is 13.6 Å². The molecule has 0 aromatic rings. The van der Waals surface area contributed by atoms with E-state index in [2.05, 4.69) is 51.3 Å². The van der Waals surface area contributed by atoms with E-state index in [0.29, 0.717) is 16.4 Å². The lowest BCUT2D eigenvalue weighted by Gasteiger charge is -2.45. The highest BCUT2D eigenvalue weighted by atomic mass is 28.2. The monoisotopic (exact) mass is 344 g/mol. The maximum atomic E-state index is 12.1. The molecule has 0 aliphatic heterocycles. The molecule has 0 heterocycles. The molecule has 0 radical (unpaired) electrons. The number of hydrogen-bond donors (Lipinski definition) is 2. The molecule has 2 N–H and O–H groups in total. The lowest BCUT2D eigenvalue weighted by atomic mass is 9.66. The van der Waals surface area contributed by atoms with Crippen LogP contribution in [0.25, 0.3) is 0 Å². The summed E-state index contributed by atoms with van der Waals surface area (Å²) in [5.41, 5.74) is 1.23. The van der Waals surface area contributed by atoms with E-state index in [9.17, 15) is 9.18 Å². The third kappa shape index (κ3) is 5.92. The summed E-state index contributed by atoms with van der Waals surface area (Å²) in [6, 6.07) is -0.288. The summed E-state index contributed by atoms with van der Waals surface area (Å²) in [7, 11) is 0.701. The summed E-state index contributed by atoms with van der Waals surface area (Å²) < 4.78 is 18.0. The molecule has 0 spiro atoms. The maximum Gasteiger partial charge on any atom is 0.315 e. The van der Waals surface area contributed by atoms with Crippen LogP contribution in [0.3, 0.4) is 0 Å². The van der Waals surface area contributed by atoms with E-state index in [4.69, 9.17) is 4.43 Å². The molecule has 2 unspecified atom stereocenters. The number of carbonyl (C=O) groups excluding carboxylic acids is 1. The summed E-state index contributed by atoms with van der Waals surface area (Å²) in [5.74, 6) is 0.297. The molecule has 134 valence electrons. The fraction of sp³-hybridized carbons (Fsp3) is 0.824. The van der Waals surface area contributed by atoms with Gasteiger partial charge in [0.25, 0.3) is 0 Å². The Labute approximate surface area is 143 Å². The van der Waals surface area contributed by atoms with Gasteiger partial charge in [0, 0.05) is 18.5 Å². The van der Waals surface area contributed by atoms with Crippen LogP contribution in [0.15, 0.2) is 11.6 Å². The molecule has 1 aliphatic carbocycles. The first-order valence-electron chi connectivity index (χ1n) is 8.48. The van der Waals surface area contributed by atoms with Crippen molar-refractivity contribution in [2.45, 2.75) is 65.5 Å². The Balaban J connectivity index is 2.92. The molecule has 2 amide bonds. The zero-order valence-corrected chi connectivity index (χ0v) is 17.5. The van der Waals surface area contributed by atoms with Crippen LogP contribution >= 0.6 is 0 Å². The van der Waals surface area contributed by atoms with E-state index in [-0.39, 0.29) is 29.6 Å². The van der Waals surface area contributed by atoms with E-state index >= 15 is 0 Å². The van der Waals surface area contributed by atoms with Crippen LogP contribution in [0.4, 0.5) is 9.18 Å². The van der Waals surface area contributed by atoms with Crippen molar-refractivity contribution in [3.8, 4) is 0 Å². The van der Waals surface area contributed by atoms with Crippen LogP contribution in [0.2, 0.25) is 0 Å². The molecular formula is C17H33FN2O2Si. The lowest BCUT2D eigenvalue weighted by Crippen LogP contribution is -2.46. The molecule has 1 aliphatic rings. The minimum absolute atomic E-state index is 0.00751. The van der Waals surface area contributed by atoms with Gasteiger partial charge in [-0.15, -0.1) is 0 Å². The van der Waals surface area contributed by atoms with Crippen LogP contribution in [0, 0.1) is 11.3 Å². The summed E-state index contributed by atoms with van der Waals surface area (Å²) in [4.78, 5) is 11.8. The number of alkyl halides is 1. The molecule has 0 aromatic carbocycles. The first-order valence-corrected chi connectivity index (χ1v) is 9.29. The van der Waals surface area contributed by atoms with Crippen molar-refractivity contribution in [3.63, 3.8) is 0 Å². The van der Waals surface area contributed by atoms with Crippen molar-refractivity contribution >= 4 is 16.5 Å². The van der Waals surface area contributed by atoms with Crippen LogP contribution in [0.1, 0.15) is 53.9 Å². The van der Waals surface area contributed by atoms with Crippen molar-refractivity contribution in [2.24, 2.45) is 11.3 Å². The van der Waals surface area contributed by atoms with Gasteiger partial charge < -0.3 is 15.1 Å². The number of urea groups is 1. The minimum Gasteiger partial charge on any atom is -0.422 e. The molecule has 0 bridgehead atoms. The second kappa shape index (κ2) is 8.28. The summed E-state index contributed by atoms with van der Waals surface area (Å²) in [6.07, 6.45) is 5.20. The number of nitrogens with one attached hydrogen (secondary N) is 2. The smallest absolute Gasteiger partial charge is 0.315 e. The second-order valence-corrected chi connectivity index (χ2v) is 8.34. The fourth-order valence-electron chi connectivity index (χ4n) is 3.85. The molecule has 0 saturated carbocycles. The Bertz CT molecular complexity index is 433. The topological polar surface area (TPSA) is 50.4 Å². The van der Waals surface area contributed by atoms with Gasteiger partial charge in [-0.2, -0.15) is 0 Å². The quantitative estimate of drug-likeness (QED) is 0.574. The number of rotatable bonds is 6. The number of carbonyl (C=O) groups is 1. The molecule has 2 atom stereocenters. The molecule has 4 nitrogen and oxygen atoms in total. The van der Waals surface area contributed by atoms with Crippen molar-refractivity contribution in [1.29, 1.82) is 0 Å². The SMILES string of the molecule is CC(C)(C)C(C1=CC(NC(=O)NCCF)CCC1)C(C)(C)O[SiH3]. The van der Waals surface area contributed by atoms with Gasteiger partial charge in [0.2, 0.25) is 0 Å². The number of halogens is 1. The Hall–Kier alpha value is -0.883. The first-order chi connectivity index (χ1) is 10.6. The third-order valence-electron chi connectivity index (χ3n) is 4.55. The standard InChI is InChI=1S/C17H33FN2O2Si/c1-16(2,3)14(17(4,5)22-23)12-7-6-8-13(11-12)20-15(21)19-10-9-18/h11,13-14H,6-10H2,1-5,23H3,(H2,19,20,21). The predicted molar refractivity (Wildman–Crippen MR) is 96.3 cm³/mol. The van der Waals surface area contributed by atoms with Crippen LogP contribution in [-0.2, 0) is 4.43 Å². The largest absolute Gasteiger partial charge is 0.422 e. The Morgan fingerprint density at radius 2 is 2.09 bits per heavy atom. The molecule has 0 fully saturated rings. The zero-order chi connectivity index (χ0) is 17.7. The van der Waals surface area contributed by atoms with Crippen LogP contribution in [0.5, 0.6) is 0 Å². The molecule has 6 heteroatoms. The summed E-state index contributed by atoms with van der Waals surface area (Å²) in [5, 5.41) is 5.46. The molecule has 23 heavy (non-hydrogen) atoms. The fourth-order valence-corrected chi connectivity index (χ4v) is 4.08. The average molecular weight is 345 g/mol. The highest BCUT2D eigenvalue weighted by Crippen LogP contribution is 2.44. The Morgan fingerprint density at radius 3 is 2.61 bits per heavy atom. The normalized spacial score (nSPS) is 20.8. The summed E-state index contributed by atoms with van der Waals surface area (Å²) in [6.45, 7) is 10.5. The van der Waals surface area contributed by atoms with Crippen molar-refractivity contribution in [2.75, 3.05) is 13.2 Å². The van der Waals surface area contributed by atoms with Crippen molar-refractivity contribution in [3.05, 3.63) is 11.6 Å². The van der Waals surface area contributed by atoms with Gasteiger partial charge in [0.1, 0.15) is 17.2 Å². The van der Waals surface area contributed by atoms with E-state index in [1.807, 2.05) is 0 Å². The average Bonchev–Trinajstić information content (AvgIpc) is 2.43. The maximum absolute atomic E-state index is 12.1. The van der Waals surface area contributed by atoms with Crippen LogP contribution < -0.4 is 10.6 Å². The zero-order valence-electron chi connectivity index (χ0n) is 15.5. The van der Waals surface area contributed by atoms with Gasteiger partial charge in [-0.05, 0) is 38.5 Å².